The van der Waals surface area contributed by atoms with Crippen LogP contribution in [-0.2, 0) is 6.54 Å². The van der Waals surface area contributed by atoms with Crippen molar-refractivity contribution in [1.29, 1.82) is 5.26 Å². The van der Waals surface area contributed by atoms with E-state index in [-0.39, 0.29) is 0 Å². The number of para-hydroxylation sites is 1. The van der Waals surface area contributed by atoms with Gasteiger partial charge in [-0.2, -0.15) is 5.26 Å². The topological polar surface area (TPSA) is 67.2 Å². The molecule has 0 aliphatic rings. The number of benzene rings is 1. The summed E-state index contributed by atoms with van der Waals surface area (Å²) in [7, 11) is 3.20. The maximum atomic E-state index is 9.18. The Balaban J connectivity index is 2.24. The Kier molecular flexibility index (Phi) is 4.62. The number of hydrogen-bond acceptors (Lipinski definition) is 5. The fourth-order valence-electron chi connectivity index (χ4n) is 2.07. The average Bonchev–Trinajstić information content (AvgIpc) is 2.51. The number of ether oxygens (including phenoxy) is 2. The predicted molar refractivity (Wildman–Crippen MR) is 80.6 cm³/mol. The molecule has 5 nitrogen and oxygen atoms in total. The van der Waals surface area contributed by atoms with Gasteiger partial charge in [-0.15, -0.1) is 0 Å². The third-order valence-corrected chi connectivity index (χ3v) is 3.03. The summed E-state index contributed by atoms with van der Waals surface area (Å²) in [5.74, 6) is 1.40. The first-order valence-electron chi connectivity index (χ1n) is 6.50. The van der Waals surface area contributed by atoms with E-state index < -0.39 is 0 Å². The van der Waals surface area contributed by atoms with Gasteiger partial charge >= 0.3 is 0 Å². The van der Waals surface area contributed by atoms with Crippen molar-refractivity contribution in [2.24, 2.45) is 0 Å². The quantitative estimate of drug-likeness (QED) is 0.913. The second kappa shape index (κ2) is 6.62. The molecule has 0 saturated heterocycles. The Hall–Kier alpha value is -2.74. The molecule has 0 aliphatic carbocycles. The molecule has 1 heterocycles. The lowest BCUT2D eigenvalue weighted by molar-refractivity contribution is 0.413. The summed E-state index contributed by atoms with van der Waals surface area (Å²) >= 11 is 0. The fraction of sp³-hybridized carbons (Fsp3) is 0.250. The van der Waals surface area contributed by atoms with E-state index in [0.29, 0.717) is 23.5 Å². The van der Waals surface area contributed by atoms with Crippen molar-refractivity contribution < 1.29 is 9.47 Å². The van der Waals surface area contributed by atoms with Gasteiger partial charge in [-0.1, -0.05) is 6.07 Å². The average molecular weight is 283 g/mol. The zero-order valence-corrected chi connectivity index (χ0v) is 12.3. The number of rotatable bonds is 5. The van der Waals surface area contributed by atoms with Crippen molar-refractivity contribution in [3.05, 3.63) is 47.3 Å². The third-order valence-electron chi connectivity index (χ3n) is 3.03. The van der Waals surface area contributed by atoms with Crippen molar-refractivity contribution in [3.63, 3.8) is 0 Å². The Morgan fingerprint density at radius 2 is 2.05 bits per heavy atom. The van der Waals surface area contributed by atoms with Gasteiger partial charge in [-0.3, -0.25) is 4.98 Å². The molecule has 0 amide bonds. The number of nitrogens with zero attached hydrogens (tertiary/aromatic N) is 2. The van der Waals surface area contributed by atoms with E-state index >= 15 is 0 Å². The molecule has 21 heavy (non-hydrogen) atoms. The standard InChI is InChI=1S/C16H17N3O2/c1-11-7-14(20-2)8-13(19-11)10-18-16-12(9-17)5-4-6-15(16)21-3/h4-8,18H,10H2,1-3H3. The Labute approximate surface area is 124 Å². The summed E-state index contributed by atoms with van der Waals surface area (Å²) in [6.07, 6.45) is 0. The third kappa shape index (κ3) is 3.42. The number of anilines is 1. The molecule has 1 aromatic carbocycles. The van der Waals surface area contributed by atoms with Crippen LogP contribution in [0.5, 0.6) is 11.5 Å². The van der Waals surface area contributed by atoms with Crippen LogP contribution in [0, 0.1) is 18.3 Å². The highest BCUT2D eigenvalue weighted by molar-refractivity contribution is 5.66. The van der Waals surface area contributed by atoms with Gasteiger partial charge in [0, 0.05) is 17.8 Å². The minimum Gasteiger partial charge on any atom is -0.497 e. The summed E-state index contributed by atoms with van der Waals surface area (Å²) in [6, 6.07) is 11.2. The molecule has 108 valence electrons. The summed E-state index contributed by atoms with van der Waals surface area (Å²) in [5, 5.41) is 12.4. The molecule has 1 N–H and O–H groups in total. The second-order valence-electron chi connectivity index (χ2n) is 4.49. The summed E-state index contributed by atoms with van der Waals surface area (Å²) in [5.41, 5.74) is 2.92. The highest BCUT2D eigenvalue weighted by atomic mass is 16.5. The van der Waals surface area contributed by atoms with Crippen molar-refractivity contribution in [3.8, 4) is 17.6 Å². The molecular formula is C16H17N3O2. The van der Waals surface area contributed by atoms with Gasteiger partial charge in [0.15, 0.2) is 0 Å². The first-order chi connectivity index (χ1) is 10.2. The molecule has 0 saturated carbocycles. The molecule has 0 spiro atoms. The van der Waals surface area contributed by atoms with Crippen molar-refractivity contribution in [2.45, 2.75) is 13.5 Å². The highest BCUT2D eigenvalue weighted by Gasteiger charge is 2.09. The van der Waals surface area contributed by atoms with Crippen molar-refractivity contribution in [1.82, 2.24) is 4.98 Å². The number of nitrogens with one attached hydrogen (secondary N) is 1. The molecule has 2 aromatic rings. The summed E-state index contributed by atoms with van der Waals surface area (Å²) in [6.45, 7) is 2.39. The lowest BCUT2D eigenvalue weighted by Gasteiger charge is -2.13. The number of aromatic nitrogens is 1. The molecule has 0 bridgehead atoms. The van der Waals surface area contributed by atoms with Gasteiger partial charge in [-0.25, -0.2) is 0 Å². The predicted octanol–water partition coefficient (Wildman–Crippen LogP) is 2.89. The van der Waals surface area contributed by atoms with E-state index in [9.17, 15) is 5.26 Å². The molecule has 5 heteroatoms. The van der Waals surface area contributed by atoms with Gasteiger partial charge < -0.3 is 14.8 Å². The lowest BCUT2D eigenvalue weighted by atomic mass is 10.1. The smallest absolute Gasteiger partial charge is 0.143 e. The van der Waals surface area contributed by atoms with Crippen LogP contribution >= 0.6 is 0 Å². The summed E-state index contributed by atoms with van der Waals surface area (Å²) in [4.78, 5) is 4.44. The lowest BCUT2D eigenvalue weighted by Crippen LogP contribution is -2.06. The molecule has 0 unspecified atom stereocenters. The minimum atomic E-state index is 0.479. The number of aryl methyl sites for hydroxylation is 1. The molecule has 0 radical (unpaired) electrons. The minimum absolute atomic E-state index is 0.479. The maximum Gasteiger partial charge on any atom is 0.143 e. The normalized spacial score (nSPS) is 9.81. The van der Waals surface area contributed by atoms with E-state index in [1.807, 2.05) is 25.1 Å². The first-order valence-corrected chi connectivity index (χ1v) is 6.50. The van der Waals surface area contributed by atoms with E-state index in [0.717, 1.165) is 17.1 Å². The molecule has 1 aromatic heterocycles. The Bertz CT molecular complexity index is 678. The fourth-order valence-corrected chi connectivity index (χ4v) is 2.07. The van der Waals surface area contributed by atoms with Gasteiger partial charge in [0.2, 0.25) is 0 Å². The van der Waals surface area contributed by atoms with Crippen molar-refractivity contribution in [2.75, 3.05) is 19.5 Å². The molecule has 0 atom stereocenters. The zero-order valence-electron chi connectivity index (χ0n) is 12.3. The molecule has 0 aliphatic heterocycles. The molecule has 0 fully saturated rings. The van der Waals surface area contributed by atoms with E-state index in [4.69, 9.17) is 9.47 Å². The van der Waals surface area contributed by atoms with Gasteiger partial charge in [0.05, 0.1) is 37.7 Å². The van der Waals surface area contributed by atoms with Crippen LogP contribution in [0.15, 0.2) is 30.3 Å². The van der Waals surface area contributed by atoms with Gasteiger partial charge in [-0.05, 0) is 19.1 Å². The summed E-state index contributed by atoms with van der Waals surface area (Å²) < 4.78 is 10.5. The monoisotopic (exact) mass is 283 g/mol. The largest absolute Gasteiger partial charge is 0.497 e. The van der Waals surface area contributed by atoms with Crippen LogP contribution in [0.2, 0.25) is 0 Å². The van der Waals surface area contributed by atoms with Crippen LogP contribution < -0.4 is 14.8 Å². The molecule has 2 rings (SSSR count). The van der Waals surface area contributed by atoms with Crippen LogP contribution in [0.4, 0.5) is 5.69 Å². The molecular weight excluding hydrogens is 266 g/mol. The van der Waals surface area contributed by atoms with Gasteiger partial charge in [0.1, 0.15) is 17.6 Å². The van der Waals surface area contributed by atoms with E-state index in [2.05, 4.69) is 16.4 Å². The van der Waals surface area contributed by atoms with Crippen LogP contribution in [0.25, 0.3) is 0 Å². The van der Waals surface area contributed by atoms with Crippen molar-refractivity contribution >= 4 is 5.69 Å². The highest BCUT2D eigenvalue weighted by Crippen LogP contribution is 2.28. The second-order valence-corrected chi connectivity index (χ2v) is 4.49. The van der Waals surface area contributed by atoms with E-state index in [1.54, 1.807) is 26.4 Å². The van der Waals surface area contributed by atoms with Crippen LogP contribution in [0.1, 0.15) is 17.0 Å². The van der Waals surface area contributed by atoms with Crippen LogP contribution in [0.3, 0.4) is 0 Å². The van der Waals surface area contributed by atoms with Gasteiger partial charge in [0.25, 0.3) is 0 Å². The number of pyridine rings is 1. The number of hydrogen-bond donors (Lipinski definition) is 1. The van der Waals surface area contributed by atoms with Crippen LogP contribution in [-0.4, -0.2) is 19.2 Å². The zero-order chi connectivity index (χ0) is 15.2. The SMILES string of the molecule is COc1cc(C)nc(CNc2c(C#N)cccc2OC)c1. The maximum absolute atomic E-state index is 9.18. The number of nitriles is 1. The number of methoxy groups -OCH3 is 2. The van der Waals surface area contributed by atoms with E-state index in [1.165, 1.54) is 0 Å². The first kappa shape index (κ1) is 14.7. The Morgan fingerprint density at radius 1 is 1.24 bits per heavy atom. The Morgan fingerprint density at radius 3 is 2.71 bits per heavy atom.